The molecule has 2 aromatic rings. The molecule has 0 spiro atoms. The van der Waals surface area contributed by atoms with Gasteiger partial charge in [0, 0.05) is 30.9 Å². The summed E-state index contributed by atoms with van der Waals surface area (Å²) in [7, 11) is 0. The third-order valence-corrected chi connectivity index (χ3v) is 4.56. The number of hydrogen-bond donors (Lipinski definition) is 2. The van der Waals surface area contributed by atoms with E-state index in [1.54, 1.807) is 17.7 Å². The van der Waals surface area contributed by atoms with Crippen LogP contribution in [0, 0.1) is 0 Å². The monoisotopic (exact) mass is 476 g/mol. The fraction of sp³-hybridized carbons (Fsp3) is 0.588. The highest BCUT2D eigenvalue weighted by atomic mass is 127. The first-order valence-electron chi connectivity index (χ1n) is 8.74. The van der Waals surface area contributed by atoms with Gasteiger partial charge in [0.15, 0.2) is 5.96 Å². The van der Waals surface area contributed by atoms with Crippen LogP contribution in [0.3, 0.4) is 0 Å². The summed E-state index contributed by atoms with van der Waals surface area (Å²) in [5, 5.41) is 17.0. The molecule has 0 saturated carbocycles. The van der Waals surface area contributed by atoms with Gasteiger partial charge >= 0.3 is 0 Å². The van der Waals surface area contributed by atoms with E-state index >= 15 is 0 Å². The van der Waals surface area contributed by atoms with Crippen molar-refractivity contribution in [2.45, 2.75) is 52.6 Å². The molecule has 0 amide bonds. The Hall–Kier alpha value is -1.16. The summed E-state index contributed by atoms with van der Waals surface area (Å²) in [6.07, 6.45) is 6.32. The minimum atomic E-state index is 0. The normalized spacial score (nSPS) is 11.2. The molecule has 0 unspecified atom stereocenters. The zero-order chi connectivity index (χ0) is 17.0. The molecule has 0 aliphatic rings. The predicted octanol–water partition coefficient (Wildman–Crippen LogP) is 3.45. The van der Waals surface area contributed by atoms with E-state index in [2.05, 4.69) is 61.8 Å². The van der Waals surface area contributed by atoms with E-state index in [9.17, 15) is 0 Å². The number of unbranched alkanes of at least 4 members (excludes halogenated alkanes) is 2. The second-order valence-corrected chi connectivity index (χ2v) is 6.63. The highest BCUT2D eigenvalue weighted by Gasteiger charge is 2.03. The van der Waals surface area contributed by atoms with E-state index in [1.165, 1.54) is 24.1 Å². The third kappa shape index (κ3) is 8.17. The number of nitrogens with one attached hydrogen (secondary N) is 2. The highest BCUT2D eigenvalue weighted by molar-refractivity contribution is 14.0. The van der Waals surface area contributed by atoms with Gasteiger partial charge < -0.3 is 15.2 Å². The topological polar surface area (TPSA) is 67.1 Å². The van der Waals surface area contributed by atoms with E-state index in [4.69, 9.17) is 0 Å². The van der Waals surface area contributed by atoms with E-state index < -0.39 is 0 Å². The molecule has 0 bridgehead atoms. The first-order chi connectivity index (χ1) is 11.8. The number of aromatic nitrogens is 3. The van der Waals surface area contributed by atoms with Crippen LogP contribution < -0.4 is 10.6 Å². The molecule has 8 heteroatoms. The molecule has 6 nitrogen and oxygen atoms in total. The molecule has 0 aromatic carbocycles. The second-order valence-electron chi connectivity index (χ2n) is 5.60. The van der Waals surface area contributed by atoms with Gasteiger partial charge in [0.25, 0.3) is 0 Å². The lowest BCUT2D eigenvalue weighted by molar-refractivity contribution is 0.625. The largest absolute Gasteiger partial charge is 0.356 e. The molecule has 0 saturated heterocycles. The standard InChI is InChI=1S/C17H28N6S.HI/c1-3-5-6-9-18-17(20-13-15-8-7-12-24-15)19-10-11-23-14-21-22-16(23)4-2;/h7-8,12,14H,3-6,9-11,13H2,1-2H3,(H2,18,19,20);1H. The zero-order valence-electron chi connectivity index (χ0n) is 15.1. The third-order valence-electron chi connectivity index (χ3n) is 3.70. The molecule has 25 heavy (non-hydrogen) atoms. The smallest absolute Gasteiger partial charge is 0.191 e. The summed E-state index contributed by atoms with van der Waals surface area (Å²) in [5.41, 5.74) is 0. The average Bonchev–Trinajstić information content (AvgIpc) is 3.27. The fourth-order valence-electron chi connectivity index (χ4n) is 2.35. The number of halogens is 1. The van der Waals surface area contributed by atoms with Crippen molar-refractivity contribution in [3.05, 3.63) is 34.5 Å². The molecule has 2 rings (SSSR count). The van der Waals surface area contributed by atoms with Crippen molar-refractivity contribution in [2.75, 3.05) is 13.1 Å². The molecule has 2 aromatic heterocycles. The van der Waals surface area contributed by atoms with Crippen LogP contribution in [0.5, 0.6) is 0 Å². The minimum Gasteiger partial charge on any atom is -0.356 e. The Labute approximate surface area is 171 Å². The molecular formula is C17H29IN6S. The van der Waals surface area contributed by atoms with Gasteiger partial charge in [0.2, 0.25) is 0 Å². The number of rotatable bonds is 10. The lowest BCUT2D eigenvalue weighted by Gasteiger charge is -2.13. The van der Waals surface area contributed by atoms with Crippen molar-refractivity contribution < 1.29 is 0 Å². The van der Waals surface area contributed by atoms with Crippen LogP contribution in [-0.2, 0) is 19.5 Å². The van der Waals surface area contributed by atoms with E-state index in [0.717, 1.165) is 37.8 Å². The maximum absolute atomic E-state index is 4.69. The molecule has 0 atom stereocenters. The van der Waals surface area contributed by atoms with Gasteiger partial charge in [-0.05, 0) is 17.9 Å². The molecule has 0 aliphatic carbocycles. The molecule has 2 heterocycles. The summed E-state index contributed by atoms with van der Waals surface area (Å²) < 4.78 is 2.08. The summed E-state index contributed by atoms with van der Waals surface area (Å²) in [4.78, 5) is 5.96. The Morgan fingerprint density at radius 2 is 2.08 bits per heavy atom. The van der Waals surface area contributed by atoms with Crippen molar-refractivity contribution in [1.29, 1.82) is 0 Å². The van der Waals surface area contributed by atoms with Crippen LogP contribution in [-0.4, -0.2) is 33.8 Å². The van der Waals surface area contributed by atoms with Crippen molar-refractivity contribution >= 4 is 41.3 Å². The minimum absolute atomic E-state index is 0. The summed E-state index contributed by atoms with van der Waals surface area (Å²) in [5.74, 6) is 1.90. The van der Waals surface area contributed by atoms with Crippen molar-refractivity contribution in [3.8, 4) is 0 Å². The van der Waals surface area contributed by atoms with Crippen molar-refractivity contribution in [3.63, 3.8) is 0 Å². The van der Waals surface area contributed by atoms with Gasteiger partial charge in [0.05, 0.1) is 6.54 Å². The van der Waals surface area contributed by atoms with E-state index in [-0.39, 0.29) is 24.0 Å². The summed E-state index contributed by atoms with van der Waals surface area (Å²) >= 11 is 1.74. The fourth-order valence-corrected chi connectivity index (χ4v) is 2.98. The van der Waals surface area contributed by atoms with Crippen LogP contribution >= 0.6 is 35.3 Å². The SMILES string of the molecule is CCCCCNC(=NCc1cccs1)NCCn1cnnc1CC.I. The van der Waals surface area contributed by atoms with Gasteiger partial charge in [-0.25, -0.2) is 4.99 Å². The quantitative estimate of drug-likeness (QED) is 0.239. The van der Waals surface area contributed by atoms with Gasteiger partial charge in [-0.1, -0.05) is 32.8 Å². The van der Waals surface area contributed by atoms with Crippen molar-refractivity contribution in [1.82, 2.24) is 25.4 Å². The number of nitrogens with zero attached hydrogens (tertiary/aromatic N) is 4. The van der Waals surface area contributed by atoms with Crippen LogP contribution in [0.15, 0.2) is 28.8 Å². The Balaban J connectivity index is 0.00000312. The first kappa shape index (κ1) is 21.9. The molecule has 0 fully saturated rings. The number of hydrogen-bond acceptors (Lipinski definition) is 4. The Kier molecular flexibility index (Phi) is 11.5. The highest BCUT2D eigenvalue weighted by Crippen LogP contribution is 2.09. The molecule has 2 N–H and O–H groups in total. The Morgan fingerprint density at radius 3 is 2.80 bits per heavy atom. The zero-order valence-corrected chi connectivity index (χ0v) is 18.2. The molecular weight excluding hydrogens is 447 g/mol. The first-order valence-corrected chi connectivity index (χ1v) is 9.62. The Morgan fingerprint density at radius 1 is 1.24 bits per heavy atom. The van der Waals surface area contributed by atoms with Gasteiger partial charge in [0.1, 0.15) is 12.2 Å². The number of guanidine groups is 1. The van der Waals surface area contributed by atoms with E-state index in [1.807, 2.05) is 0 Å². The Bertz CT molecular complexity index is 596. The molecule has 140 valence electrons. The van der Waals surface area contributed by atoms with Crippen LogP contribution in [0.4, 0.5) is 0 Å². The summed E-state index contributed by atoms with van der Waals surface area (Å²) in [6.45, 7) is 7.62. The summed E-state index contributed by atoms with van der Waals surface area (Å²) in [6, 6.07) is 4.18. The average molecular weight is 476 g/mol. The number of aliphatic imine (C=N–C) groups is 1. The number of aryl methyl sites for hydroxylation is 1. The van der Waals surface area contributed by atoms with Crippen LogP contribution in [0.25, 0.3) is 0 Å². The predicted molar refractivity (Wildman–Crippen MR) is 116 cm³/mol. The van der Waals surface area contributed by atoms with Crippen molar-refractivity contribution in [2.24, 2.45) is 4.99 Å². The second kappa shape index (κ2) is 13.1. The van der Waals surface area contributed by atoms with Crippen LogP contribution in [0.2, 0.25) is 0 Å². The number of thiophene rings is 1. The van der Waals surface area contributed by atoms with Gasteiger partial charge in [-0.2, -0.15) is 0 Å². The van der Waals surface area contributed by atoms with Crippen LogP contribution in [0.1, 0.15) is 43.8 Å². The lowest BCUT2D eigenvalue weighted by Crippen LogP contribution is -2.39. The van der Waals surface area contributed by atoms with E-state index in [0.29, 0.717) is 6.54 Å². The van der Waals surface area contributed by atoms with Gasteiger partial charge in [-0.3, -0.25) is 0 Å². The maximum atomic E-state index is 4.69. The molecule has 0 aliphatic heterocycles. The lowest BCUT2D eigenvalue weighted by atomic mass is 10.2. The maximum Gasteiger partial charge on any atom is 0.191 e. The molecule has 0 radical (unpaired) electrons. The van der Waals surface area contributed by atoms with Gasteiger partial charge in [-0.15, -0.1) is 45.5 Å².